The molecule has 0 fully saturated rings. The lowest BCUT2D eigenvalue weighted by atomic mass is 10.2. The molecule has 0 saturated carbocycles. The summed E-state index contributed by atoms with van der Waals surface area (Å²) in [5.41, 5.74) is 3.88. The van der Waals surface area contributed by atoms with E-state index in [2.05, 4.69) is 10.5 Å². The zero-order valence-corrected chi connectivity index (χ0v) is 10.0. The van der Waals surface area contributed by atoms with Crippen LogP contribution in [0.2, 0.25) is 0 Å². The van der Waals surface area contributed by atoms with Gasteiger partial charge in [0.1, 0.15) is 0 Å². The number of benzene rings is 1. The van der Waals surface area contributed by atoms with Crippen LogP contribution in [0.1, 0.15) is 5.56 Å². The molecule has 2 nitrogen and oxygen atoms in total. The number of hydrogen-bond donors (Lipinski definition) is 1. The molecule has 1 N–H and O–H groups in total. The molecule has 0 aliphatic rings. The van der Waals surface area contributed by atoms with Crippen molar-refractivity contribution < 1.29 is 0 Å². The summed E-state index contributed by atoms with van der Waals surface area (Å²) in [5.74, 6) is 0. The number of rotatable bonds is 3. The number of nitrogens with one attached hydrogen (secondary N) is 1. The fourth-order valence-electron chi connectivity index (χ4n) is 0.897. The molecule has 1 aromatic rings. The first kappa shape index (κ1) is 11.9. The molecule has 0 unspecified atom stereocenters. The van der Waals surface area contributed by atoms with E-state index in [1.54, 1.807) is 6.21 Å². The number of thioether (sulfide) groups is 1. The summed E-state index contributed by atoms with van der Waals surface area (Å²) in [5, 5.41) is 3.93. The normalized spacial score (nSPS) is 11.0. The quantitative estimate of drug-likeness (QED) is 0.496. The Balaban J connectivity index is 2.37. The van der Waals surface area contributed by atoms with Gasteiger partial charge in [0.2, 0.25) is 0 Å². The molecule has 0 radical (unpaired) electrons. The Morgan fingerprint density at radius 2 is 2.13 bits per heavy atom. The molecular formula is C11H12N2S2. The van der Waals surface area contributed by atoms with Crippen LogP contribution in [0.5, 0.6) is 0 Å². The van der Waals surface area contributed by atoms with E-state index in [-0.39, 0.29) is 0 Å². The van der Waals surface area contributed by atoms with Gasteiger partial charge in [-0.1, -0.05) is 60.4 Å². The Labute approximate surface area is 99.5 Å². The van der Waals surface area contributed by atoms with E-state index in [0.29, 0.717) is 4.32 Å². The average Bonchev–Trinajstić information content (AvgIpc) is 2.29. The van der Waals surface area contributed by atoms with Crippen LogP contribution in [-0.4, -0.2) is 16.8 Å². The Kier molecular flexibility index (Phi) is 5.73. The minimum Gasteiger partial charge on any atom is -0.262 e. The highest BCUT2D eigenvalue weighted by atomic mass is 32.2. The van der Waals surface area contributed by atoms with Crippen molar-refractivity contribution in [2.75, 3.05) is 6.26 Å². The van der Waals surface area contributed by atoms with Gasteiger partial charge in [0.25, 0.3) is 0 Å². The maximum atomic E-state index is 4.91. The van der Waals surface area contributed by atoms with Crippen LogP contribution >= 0.6 is 24.0 Å². The fourth-order valence-corrected chi connectivity index (χ4v) is 1.09. The van der Waals surface area contributed by atoms with Gasteiger partial charge in [-0.15, -0.1) is 0 Å². The van der Waals surface area contributed by atoms with E-state index in [0.717, 1.165) is 5.56 Å². The van der Waals surface area contributed by atoms with Gasteiger partial charge in [-0.05, 0) is 17.9 Å². The summed E-state index contributed by atoms with van der Waals surface area (Å²) in [4.78, 5) is 0. The number of allylic oxidation sites excluding steroid dienone is 1. The number of hydrogen-bond acceptors (Lipinski definition) is 3. The molecule has 0 heterocycles. The van der Waals surface area contributed by atoms with E-state index < -0.39 is 0 Å². The van der Waals surface area contributed by atoms with Gasteiger partial charge in [-0.2, -0.15) is 5.10 Å². The largest absolute Gasteiger partial charge is 0.262 e. The van der Waals surface area contributed by atoms with Crippen molar-refractivity contribution >= 4 is 40.6 Å². The van der Waals surface area contributed by atoms with Crippen LogP contribution in [0.3, 0.4) is 0 Å². The third-order valence-corrected chi connectivity index (χ3v) is 2.64. The van der Waals surface area contributed by atoms with E-state index in [9.17, 15) is 0 Å². The summed E-state index contributed by atoms with van der Waals surface area (Å²) in [7, 11) is 0. The molecule has 4 heteroatoms. The third-order valence-electron chi connectivity index (χ3n) is 1.59. The Morgan fingerprint density at radius 1 is 1.40 bits per heavy atom. The summed E-state index contributed by atoms with van der Waals surface area (Å²) >= 11 is 6.37. The third kappa shape index (κ3) is 5.34. The maximum absolute atomic E-state index is 4.91. The minimum absolute atomic E-state index is 0.666. The topological polar surface area (TPSA) is 24.4 Å². The molecule has 0 aromatic heterocycles. The van der Waals surface area contributed by atoms with Crippen molar-refractivity contribution in [1.29, 1.82) is 0 Å². The van der Waals surface area contributed by atoms with Crippen molar-refractivity contribution in [2.45, 2.75) is 0 Å². The first-order valence-corrected chi connectivity index (χ1v) is 6.05. The molecule has 0 bridgehead atoms. The average molecular weight is 236 g/mol. The molecule has 78 valence electrons. The zero-order valence-electron chi connectivity index (χ0n) is 8.38. The monoisotopic (exact) mass is 236 g/mol. The van der Waals surface area contributed by atoms with Gasteiger partial charge in [-0.3, -0.25) is 5.43 Å². The second kappa shape index (κ2) is 7.20. The van der Waals surface area contributed by atoms with Crippen LogP contribution in [0.4, 0.5) is 0 Å². The second-order valence-electron chi connectivity index (χ2n) is 2.65. The summed E-state index contributed by atoms with van der Waals surface area (Å²) in [6.07, 6.45) is 7.43. The predicted octanol–water partition coefficient (Wildman–Crippen LogP) is 2.92. The molecule has 0 saturated heterocycles. The van der Waals surface area contributed by atoms with E-state index in [4.69, 9.17) is 12.2 Å². The Morgan fingerprint density at radius 3 is 2.80 bits per heavy atom. The van der Waals surface area contributed by atoms with Gasteiger partial charge in [0.15, 0.2) is 4.32 Å². The lowest BCUT2D eigenvalue weighted by Crippen LogP contribution is -2.09. The molecule has 0 atom stereocenters. The molecule has 15 heavy (non-hydrogen) atoms. The summed E-state index contributed by atoms with van der Waals surface area (Å²) < 4.78 is 0.666. The van der Waals surface area contributed by atoms with Crippen molar-refractivity contribution in [3.63, 3.8) is 0 Å². The van der Waals surface area contributed by atoms with Crippen molar-refractivity contribution in [3.8, 4) is 0 Å². The lowest BCUT2D eigenvalue weighted by Gasteiger charge is -1.94. The van der Waals surface area contributed by atoms with Gasteiger partial charge in [0, 0.05) is 6.21 Å². The van der Waals surface area contributed by atoms with Gasteiger partial charge in [0.05, 0.1) is 0 Å². The smallest absolute Gasteiger partial charge is 0.153 e. The Hall–Kier alpha value is -1.13. The highest BCUT2D eigenvalue weighted by molar-refractivity contribution is 8.22. The van der Waals surface area contributed by atoms with Gasteiger partial charge >= 0.3 is 0 Å². The van der Waals surface area contributed by atoms with E-state index in [1.807, 2.05) is 48.7 Å². The van der Waals surface area contributed by atoms with E-state index >= 15 is 0 Å². The molecular weight excluding hydrogens is 224 g/mol. The van der Waals surface area contributed by atoms with Crippen LogP contribution < -0.4 is 5.43 Å². The highest BCUT2D eigenvalue weighted by Gasteiger charge is 1.84. The van der Waals surface area contributed by atoms with Crippen LogP contribution in [0, 0.1) is 0 Å². The summed E-state index contributed by atoms with van der Waals surface area (Å²) in [6.45, 7) is 0. The molecule has 1 rings (SSSR count). The standard InChI is InChI=1S/C11H12N2S2/c1-15-11(14)13-12-9-5-8-10-6-3-2-4-7-10/h2-9H,1H3,(H,13,14)/b8-5+,12-9+. The van der Waals surface area contributed by atoms with Gasteiger partial charge in [-0.25, -0.2) is 0 Å². The predicted molar refractivity (Wildman–Crippen MR) is 73.2 cm³/mol. The first-order valence-electron chi connectivity index (χ1n) is 4.41. The lowest BCUT2D eigenvalue weighted by molar-refractivity contribution is 1.08. The number of hydrazone groups is 1. The molecule has 0 amide bonds. The molecule has 0 spiro atoms. The first-order chi connectivity index (χ1) is 7.33. The van der Waals surface area contributed by atoms with Crippen LogP contribution in [-0.2, 0) is 0 Å². The maximum Gasteiger partial charge on any atom is 0.153 e. The minimum atomic E-state index is 0.666. The fraction of sp³-hybridized carbons (Fsp3) is 0.0909. The highest BCUT2D eigenvalue weighted by Crippen LogP contribution is 1.99. The molecule has 0 aliphatic carbocycles. The van der Waals surface area contributed by atoms with Crippen LogP contribution in [0.15, 0.2) is 41.5 Å². The Bertz CT molecular complexity index is 358. The van der Waals surface area contributed by atoms with Crippen molar-refractivity contribution in [1.82, 2.24) is 5.43 Å². The van der Waals surface area contributed by atoms with Gasteiger partial charge < -0.3 is 0 Å². The second-order valence-corrected chi connectivity index (χ2v) is 4.13. The molecule has 1 aromatic carbocycles. The zero-order chi connectivity index (χ0) is 10.9. The van der Waals surface area contributed by atoms with E-state index in [1.165, 1.54) is 11.8 Å². The van der Waals surface area contributed by atoms with Crippen molar-refractivity contribution in [2.24, 2.45) is 5.10 Å². The summed E-state index contributed by atoms with van der Waals surface area (Å²) in [6, 6.07) is 10.0. The number of nitrogens with zero attached hydrogens (tertiary/aromatic N) is 1. The van der Waals surface area contributed by atoms with Crippen LogP contribution in [0.25, 0.3) is 6.08 Å². The van der Waals surface area contributed by atoms with Crippen molar-refractivity contribution in [3.05, 3.63) is 42.0 Å². The SMILES string of the molecule is CSC(=S)N/N=C/C=C/c1ccccc1. The molecule has 0 aliphatic heterocycles. The number of thiocarbonyl (C=S) groups is 1.